The predicted octanol–water partition coefficient (Wildman–Crippen LogP) is 5.74. The van der Waals surface area contributed by atoms with Gasteiger partial charge in [-0.1, -0.05) is 20.8 Å². The van der Waals surface area contributed by atoms with Gasteiger partial charge in [-0.05, 0) is 132 Å². The van der Waals surface area contributed by atoms with Crippen LogP contribution in [0.15, 0.2) is 0 Å². The Balaban J connectivity index is 0.922. The summed E-state index contributed by atoms with van der Waals surface area (Å²) in [5, 5.41) is 10.9. The van der Waals surface area contributed by atoms with E-state index in [1.54, 1.807) is 18.7 Å². The molecule has 0 aromatic carbocycles. The molecule has 8 rings (SSSR count). The van der Waals surface area contributed by atoms with Crippen molar-refractivity contribution in [2.75, 3.05) is 32.8 Å². The van der Waals surface area contributed by atoms with Gasteiger partial charge in [0, 0.05) is 38.5 Å². The number of esters is 1. The second-order valence-corrected chi connectivity index (χ2v) is 20.9. The molecule has 8 aliphatic rings. The monoisotopic (exact) mass is 742 g/mol. The zero-order chi connectivity index (χ0) is 38.1. The minimum Gasteiger partial charge on any atom is -0.457 e. The van der Waals surface area contributed by atoms with E-state index in [0.29, 0.717) is 50.5 Å². The summed E-state index contributed by atoms with van der Waals surface area (Å²) in [6, 6.07) is 0.300. The van der Waals surface area contributed by atoms with Crippen LogP contribution in [-0.4, -0.2) is 113 Å². The molecule has 11 heteroatoms. The van der Waals surface area contributed by atoms with Crippen molar-refractivity contribution in [3.05, 3.63) is 0 Å². The second-order valence-electron chi connectivity index (χ2n) is 20.9. The maximum Gasteiger partial charge on any atom is 0.410 e. The molecule has 0 aromatic heterocycles. The molecule has 3 saturated heterocycles. The molecule has 1 amide bonds. The molecular weight excluding hydrogens is 676 g/mol. The van der Waals surface area contributed by atoms with E-state index in [9.17, 15) is 19.5 Å². The normalized spacial score (nSPS) is 44.3. The van der Waals surface area contributed by atoms with Crippen LogP contribution in [0.5, 0.6) is 0 Å². The van der Waals surface area contributed by atoms with Gasteiger partial charge in [0.2, 0.25) is 0 Å². The number of rotatable bonds is 6. The van der Waals surface area contributed by atoms with Crippen LogP contribution in [0.2, 0.25) is 0 Å². The van der Waals surface area contributed by atoms with Gasteiger partial charge in [-0.2, -0.15) is 0 Å². The topological polar surface area (TPSA) is 124 Å². The van der Waals surface area contributed by atoms with Gasteiger partial charge in [0.05, 0.1) is 31.0 Å². The number of hydrogen-bond acceptors (Lipinski definition) is 10. The van der Waals surface area contributed by atoms with Crippen molar-refractivity contribution in [3.63, 3.8) is 0 Å². The van der Waals surface area contributed by atoms with Crippen LogP contribution in [0, 0.1) is 45.3 Å². The maximum absolute atomic E-state index is 14.6. The highest BCUT2D eigenvalue weighted by atomic mass is 16.7. The van der Waals surface area contributed by atoms with Gasteiger partial charge in [-0.15, -0.1) is 0 Å². The van der Waals surface area contributed by atoms with Crippen molar-refractivity contribution in [1.29, 1.82) is 0 Å². The fourth-order valence-electron chi connectivity index (χ4n) is 13.7. The summed E-state index contributed by atoms with van der Waals surface area (Å²) in [6.45, 7) is 21.1. The molecule has 2 spiro atoms. The predicted molar refractivity (Wildman–Crippen MR) is 196 cm³/mol. The first kappa shape index (κ1) is 38.1. The zero-order valence-corrected chi connectivity index (χ0v) is 33.8. The van der Waals surface area contributed by atoms with E-state index in [-0.39, 0.29) is 57.8 Å². The lowest BCUT2D eigenvalue weighted by atomic mass is 9.46. The Kier molecular flexibility index (Phi) is 9.06. The van der Waals surface area contributed by atoms with Crippen molar-refractivity contribution in [1.82, 2.24) is 9.80 Å². The average Bonchev–Trinajstić information content (AvgIpc) is 3.64. The van der Waals surface area contributed by atoms with Gasteiger partial charge < -0.3 is 33.7 Å². The highest BCUT2D eigenvalue weighted by molar-refractivity contribution is 5.90. The standard InChI is InChI=1S/C42H66N2O9/c1-24(45)50-35(39(7,8)48)28-12-10-27-34(51-28)33(46)32-26-11-13-29-38(5,6)30(14-15-42(29)23-41(26,42)17-16-40(27,32)9)52-31-22-43(18-19-49-31)25-20-44(21-25)36(47)53-37(2,3)4/h25-32,34-35,48H,10-23H2,1-9H3/t26?,27?,28?,29?,30-,31?,32?,34?,35-,40+,41?,42+/m0/s1. The van der Waals surface area contributed by atoms with E-state index in [0.717, 1.165) is 45.1 Å². The summed E-state index contributed by atoms with van der Waals surface area (Å²) >= 11 is 0. The fraction of sp³-hybridized carbons (Fsp3) is 0.929. The van der Waals surface area contributed by atoms with Crippen LogP contribution < -0.4 is 0 Å². The zero-order valence-electron chi connectivity index (χ0n) is 33.8. The molecular formula is C42H66N2O9. The number of ether oxygens (including phenoxy) is 5. The Morgan fingerprint density at radius 3 is 2.32 bits per heavy atom. The number of morpholine rings is 1. The number of fused-ring (bicyclic) bond motifs is 4. The lowest BCUT2D eigenvalue weighted by molar-refractivity contribution is -0.250. The molecule has 0 bridgehead atoms. The van der Waals surface area contributed by atoms with Gasteiger partial charge >= 0.3 is 12.1 Å². The number of hydrogen-bond donors (Lipinski definition) is 1. The average molecular weight is 743 g/mol. The van der Waals surface area contributed by atoms with E-state index in [1.807, 2.05) is 20.8 Å². The minimum atomic E-state index is -1.27. The molecule has 11 nitrogen and oxygen atoms in total. The summed E-state index contributed by atoms with van der Waals surface area (Å²) in [5.41, 5.74) is -1.41. The number of ketones is 1. The minimum absolute atomic E-state index is 0.00362. The molecule has 8 fully saturated rings. The molecule has 1 N–H and O–H groups in total. The molecule has 5 saturated carbocycles. The summed E-state index contributed by atoms with van der Waals surface area (Å²) in [4.78, 5) is 43.4. The number of amides is 1. The van der Waals surface area contributed by atoms with Gasteiger partial charge in [0.15, 0.2) is 18.2 Å². The molecule has 5 aliphatic carbocycles. The number of nitrogens with zero attached hydrogens (tertiary/aromatic N) is 2. The first-order chi connectivity index (χ1) is 24.7. The quantitative estimate of drug-likeness (QED) is 0.337. The van der Waals surface area contributed by atoms with E-state index in [4.69, 9.17) is 23.7 Å². The van der Waals surface area contributed by atoms with Gasteiger partial charge in [0.1, 0.15) is 11.7 Å². The van der Waals surface area contributed by atoms with E-state index < -0.39 is 35.5 Å². The highest BCUT2D eigenvalue weighted by Gasteiger charge is 2.82. The number of aliphatic hydroxyl groups is 1. The lowest BCUT2D eigenvalue weighted by Crippen LogP contribution is -2.64. The third-order valence-electron chi connectivity index (χ3n) is 16.1. The Labute approximate surface area is 316 Å². The Hall–Kier alpha value is -1.79. The van der Waals surface area contributed by atoms with Crippen molar-refractivity contribution in [2.45, 2.75) is 168 Å². The van der Waals surface area contributed by atoms with Crippen molar-refractivity contribution in [2.24, 2.45) is 45.3 Å². The molecule has 0 radical (unpaired) electrons. The number of Topliss-reactive ketones (excluding diaryl/α,β-unsaturated/α-hetero) is 1. The maximum atomic E-state index is 14.6. The van der Waals surface area contributed by atoms with Crippen molar-refractivity contribution < 1.29 is 43.2 Å². The fourth-order valence-corrected chi connectivity index (χ4v) is 13.7. The van der Waals surface area contributed by atoms with Crippen LogP contribution in [0.1, 0.15) is 120 Å². The summed E-state index contributed by atoms with van der Waals surface area (Å²) < 4.78 is 31.0. The first-order valence-electron chi connectivity index (χ1n) is 20.8. The van der Waals surface area contributed by atoms with Gasteiger partial charge in [-0.25, -0.2) is 4.79 Å². The second kappa shape index (κ2) is 12.6. The van der Waals surface area contributed by atoms with E-state index >= 15 is 0 Å². The third kappa shape index (κ3) is 6.02. The van der Waals surface area contributed by atoms with E-state index in [1.165, 1.54) is 19.8 Å². The van der Waals surface area contributed by atoms with Crippen LogP contribution >= 0.6 is 0 Å². The number of carbonyl (C=O) groups is 3. The third-order valence-corrected chi connectivity index (χ3v) is 16.1. The van der Waals surface area contributed by atoms with Gasteiger partial charge in [0.25, 0.3) is 0 Å². The number of likely N-dealkylation sites (tertiary alicyclic amines) is 1. The molecule has 0 aromatic rings. The number of carbonyl (C=O) groups excluding carboxylic acids is 3. The van der Waals surface area contributed by atoms with Crippen LogP contribution in [0.3, 0.4) is 0 Å². The Morgan fingerprint density at radius 1 is 0.925 bits per heavy atom. The SMILES string of the molecule is CC(=O)O[C@@H](C1CCC2C(O1)C(=O)C1C3CCC4C(C)(C)[C@@H](OC5CN(C6CN(C(=O)OC(C)(C)C)C6)CCO5)CC[C@@]45CC35CC[C@]21C)C(C)(C)O. The van der Waals surface area contributed by atoms with Crippen LogP contribution in [0.25, 0.3) is 0 Å². The van der Waals surface area contributed by atoms with Crippen molar-refractivity contribution >= 4 is 17.8 Å². The molecule has 298 valence electrons. The lowest BCUT2D eigenvalue weighted by Gasteiger charge is -2.59. The summed E-state index contributed by atoms with van der Waals surface area (Å²) in [6.07, 6.45) is 7.10. The molecule has 8 unspecified atom stereocenters. The molecule has 3 aliphatic heterocycles. The van der Waals surface area contributed by atoms with Crippen LogP contribution in [-0.2, 0) is 33.3 Å². The smallest absolute Gasteiger partial charge is 0.410 e. The first-order valence-corrected chi connectivity index (χ1v) is 20.8. The summed E-state index contributed by atoms with van der Waals surface area (Å²) in [5.74, 6) is 0.895. The Morgan fingerprint density at radius 2 is 1.64 bits per heavy atom. The summed E-state index contributed by atoms with van der Waals surface area (Å²) in [7, 11) is 0. The van der Waals surface area contributed by atoms with Crippen LogP contribution in [0.4, 0.5) is 4.79 Å². The highest BCUT2D eigenvalue weighted by Crippen LogP contribution is 2.87. The van der Waals surface area contributed by atoms with Gasteiger partial charge in [-0.3, -0.25) is 14.5 Å². The van der Waals surface area contributed by atoms with Crippen molar-refractivity contribution in [3.8, 4) is 0 Å². The largest absolute Gasteiger partial charge is 0.457 e. The van der Waals surface area contributed by atoms with E-state index in [2.05, 4.69) is 25.7 Å². The molecule has 53 heavy (non-hydrogen) atoms. The molecule has 12 atom stereocenters. The molecule has 3 heterocycles. The Bertz CT molecular complexity index is 1480.